The molecular formula is C25H24N4O5. The summed E-state index contributed by atoms with van der Waals surface area (Å²) in [6.45, 7) is 4.41. The Kier molecular flexibility index (Phi) is 6.72. The molecule has 4 aromatic rings. The predicted octanol–water partition coefficient (Wildman–Crippen LogP) is 3.30. The highest BCUT2D eigenvalue weighted by molar-refractivity contribution is 6.05. The summed E-state index contributed by atoms with van der Waals surface area (Å²) in [6, 6.07) is 19.1. The van der Waals surface area contributed by atoms with Crippen LogP contribution in [0.4, 0.5) is 0 Å². The second-order valence-electron chi connectivity index (χ2n) is 8.05. The molecule has 2 heterocycles. The fraction of sp³-hybridized carbons (Fsp3) is 0.200. The summed E-state index contributed by atoms with van der Waals surface area (Å²) in [4.78, 5) is 38.0. The molecule has 0 aliphatic heterocycles. The van der Waals surface area contributed by atoms with E-state index in [2.05, 4.69) is 16.0 Å². The third kappa shape index (κ3) is 5.15. The summed E-state index contributed by atoms with van der Waals surface area (Å²) < 4.78 is 12.4. The fourth-order valence-electron chi connectivity index (χ4n) is 3.36. The molecule has 0 spiro atoms. The number of nitrogens with zero attached hydrogens (tertiary/aromatic N) is 2. The van der Waals surface area contributed by atoms with Crippen molar-refractivity contribution < 1.29 is 18.7 Å². The van der Waals surface area contributed by atoms with Crippen LogP contribution in [0, 0.1) is 5.92 Å². The molecule has 4 rings (SSSR count). The van der Waals surface area contributed by atoms with Crippen LogP contribution in [-0.4, -0.2) is 21.6 Å². The fourth-order valence-corrected chi connectivity index (χ4v) is 3.36. The standard InChI is InChI=1S/C25H24N4O5/c1-16(2)14-29-25(32)20-11-7-6-10-19(20)22(28-29)24(31)27-26-23(30)21-13-12-18(34-21)15-33-17-8-4-3-5-9-17/h3-13,16H,14-15H2,1-2H3,(H,26,30)(H,27,31). The van der Waals surface area contributed by atoms with Gasteiger partial charge in [0.2, 0.25) is 0 Å². The molecule has 0 saturated carbocycles. The van der Waals surface area contributed by atoms with Crippen molar-refractivity contribution in [3.63, 3.8) is 0 Å². The average molecular weight is 460 g/mol. The lowest BCUT2D eigenvalue weighted by Crippen LogP contribution is -2.42. The first-order valence-corrected chi connectivity index (χ1v) is 10.8. The second kappa shape index (κ2) is 10.0. The third-order valence-electron chi connectivity index (χ3n) is 4.92. The Labute approximate surface area is 195 Å². The number of rotatable bonds is 7. The zero-order valence-corrected chi connectivity index (χ0v) is 18.8. The van der Waals surface area contributed by atoms with Crippen molar-refractivity contribution in [2.45, 2.75) is 27.0 Å². The molecular weight excluding hydrogens is 436 g/mol. The van der Waals surface area contributed by atoms with Crippen molar-refractivity contribution in [3.8, 4) is 5.75 Å². The molecule has 0 radical (unpaired) electrons. The molecule has 34 heavy (non-hydrogen) atoms. The first-order valence-electron chi connectivity index (χ1n) is 10.8. The monoisotopic (exact) mass is 460 g/mol. The van der Waals surface area contributed by atoms with Gasteiger partial charge in [-0.15, -0.1) is 0 Å². The summed E-state index contributed by atoms with van der Waals surface area (Å²) in [6.07, 6.45) is 0. The summed E-state index contributed by atoms with van der Waals surface area (Å²) in [5.74, 6) is 0.000337. The van der Waals surface area contributed by atoms with Gasteiger partial charge in [-0.2, -0.15) is 5.10 Å². The number of benzene rings is 2. The van der Waals surface area contributed by atoms with Crippen LogP contribution in [0.15, 0.2) is 75.9 Å². The van der Waals surface area contributed by atoms with Gasteiger partial charge in [0.15, 0.2) is 11.5 Å². The van der Waals surface area contributed by atoms with Gasteiger partial charge in [0, 0.05) is 11.9 Å². The van der Waals surface area contributed by atoms with E-state index in [9.17, 15) is 14.4 Å². The van der Waals surface area contributed by atoms with E-state index in [1.54, 1.807) is 30.3 Å². The lowest BCUT2D eigenvalue weighted by Gasteiger charge is -2.12. The van der Waals surface area contributed by atoms with Crippen LogP contribution in [0.3, 0.4) is 0 Å². The normalized spacial score (nSPS) is 10.9. The molecule has 9 nitrogen and oxygen atoms in total. The van der Waals surface area contributed by atoms with E-state index < -0.39 is 11.8 Å². The second-order valence-corrected chi connectivity index (χ2v) is 8.05. The van der Waals surface area contributed by atoms with Crippen LogP contribution in [0.1, 0.15) is 40.7 Å². The van der Waals surface area contributed by atoms with E-state index in [1.165, 1.54) is 10.7 Å². The molecule has 0 atom stereocenters. The molecule has 2 aromatic heterocycles. The van der Waals surface area contributed by atoms with Gasteiger partial charge in [-0.1, -0.05) is 50.2 Å². The Morgan fingerprint density at radius 1 is 0.941 bits per heavy atom. The van der Waals surface area contributed by atoms with Gasteiger partial charge in [0.25, 0.3) is 11.5 Å². The number of fused-ring (bicyclic) bond motifs is 1. The minimum atomic E-state index is -0.652. The Balaban J connectivity index is 1.45. The number of hydrogen-bond donors (Lipinski definition) is 2. The van der Waals surface area contributed by atoms with Crippen LogP contribution in [-0.2, 0) is 13.2 Å². The smallest absolute Gasteiger partial charge is 0.305 e. The Hall–Kier alpha value is -4.40. The average Bonchev–Trinajstić information content (AvgIpc) is 3.32. The van der Waals surface area contributed by atoms with Gasteiger partial charge in [0.1, 0.15) is 18.1 Å². The van der Waals surface area contributed by atoms with E-state index in [1.807, 2.05) is 44.2 Å². The van der Waals surface area contributed by atoms with Gasteiger partial charge < -0.3 is 9.15 Å². The van der Waals surface area contributed by atoms with E-state index in [0.29, 0.717) is 28.8 Å². The van der Waals surface area contributed by atoms with Gasteiger partial charge in [-0.25, -0.2) is 4.68 Å². The minimum absolute atomic E-state index is 0.00885. The maximum absolute atomic E-state index is 12.9. The number of para-hydroxylation sites is 1. The molecule has 0 saturated heterocycles. The molecule has 0 unspecified atom stereocenters. The number of ether oxygens (including phenoxy) is 1. The molecule has 0 bridgehead atoms. The summed E-state index contributed by atoms with van der Waals surface area (Å²) in [5, 5.41) is 5.03. The maximum Gasteiger partial charge on any atom is 0.305 e. The zero-order valence-electron chi connectivity index (χ0n) is 18.8. The zero-order chi connectivity index (χ0) is 24.1. The highest BCUT2D eigenvalue weighted by atomic mass is 16.5. The summed E-state index contributed by atoms with van der Waals surface area (Å²) in [5.41, 5.74) is 4.43. The lowest BCUT2D eigenvalue weighted by atomic mass is 10.1. The van der Waals surface area contributed by atoms with Crippen molar-refractivity contribution in [2.24, 2.45) is 5.92 Å². The maximum atomic E-state index is 12.9. The topological polar surface area (TPSA) is 115 Å². The minimum Gasteiger partial charge on any atom is -0.486 e. The van der Waals surface area contributed by atoms with Gasteiger partial charge in [0.05, 0.1) is 5.39 Å². The third-order valence-corrected chi connectivity index (χ3v) is 4.92. The molecule has 0 aliphatic rings. The number of aromatic nitrogens is 2. The van der Waals surface area contributed by atoms with E-state index >= 15 is 0 Å². The number of nitrogens with one attached hydrogen (secondary N) is 2. The van der Waals surface area contributed by atoms with E-state index in [-0.39, 0.29) is 29.5 Å². The first-order chi connectivity index (χ1) is 16.4. The number of hydrazine groups is 1. The van der Waals surface area contributed by atoms with Gasteiger partial charge in [-0.3, -0.25) is 25.2 Å². The number of hydrogen-bond acceptors (Lipinski definition) is 6. The summed E-state index contributed by atoms with van der Waals surface area (Å²) >= 11 is 0. The van der Waals surface area contributed by atoms with Crippen molar-refractivity contribution >= 4 is 22.6 Å². The van der Waals surface area contributed by atoms with Crippen molar-refractivity contribution in [1.29, 1.82) is 0 Å². The molecule has 9 heteroatoms. The van der Waals surface area contributed by atoms with Crippen molar-refractivity contribution in [3.05, 3.63) is 94.3 Å². The number of amides is 2. The Morgan fingerprint density at radius 3 is 2.35 bits per heavy atom. The van der Waals surface area contributed by atoms with E-state index in [0.717, 1.165) is 0 Å². The van der Waals surface area contributed by atoms with Crippen LogP contribution >= 0.6 is 0 Å². The van der Waals surface area contributed by atoms with Crippen LogP contribution in [0.5, 0.6) is 5.75 Å². The highest BCUT2D eigenvalue weighted by Crippen LogP contribution is 2.15. The number of carbonyl (C=O) groups is 2. The highest BCUT2D eigenvalue weighted by Gasteiger charge is 2.19. The van der Waals surface area contributed by atoms with Crippen molar-refractivity contribution in [2.75, 3.05) is 0 Å². The molecule has 0 aliphatic carbocycles. The quantitative estimate of drug-likeness (QED) is 0.409. The van der Waals surface area contributed by atoms with Crippen LogP contribution in [0.2, 0.25) is 0 Å². The van der Waals surface area contributed by atoms with Crippen LogP contribution in [0.25, 0.3) is 10.8 Å². The first kappa shape index (κ1) is 22.8. The largest absolute Gasteiger partial charge is 0.486 e. The Bertz CT molecular complexity index is 1380. The van der Waals surface area contributed by atoms with Gasteiger partial charge >= 0.3 is 5.91 Å². The lowest BCUT2D eigenvalue weighted by molar-refractivity contribution is 0.0825. The number of carbonyl (C=O) groups excluding carboxylic acids is 2. The molecule has 2 aromatic carbocycles. The molecule has 2 amide bonds. The van der Waals surface area contributed by atoms with Crippen LogP contribution < -0.4 is 21.1 Å². The number of furan rings is 1. The Morgan fingerprint density at radius 2 is 1.62 bits per heavy atom. The van der Waals surface area contributed by atoms with Gasteiger partial charge in [-0.05, 0) is 36.2 Å². The SMILES string of the molecule is CC(C)Cn1nc(C(=O)NNC(=O)c2ccc(COc3ccccc3)o2)c2ccccc2c1=O. The molecule has 174 valence electrons. The molecule has 2 N–H and O–H groups in total. The predicted molar refractivity (Wildman–Crippen MR) is 125 cm³/mol. The summed E-state index contributed by atoms with van der Waals surface area (Å²) in [7, 11) is 0. The molecule has 0 fully saturated rings. The van der Waals surface area contributed by atoms with E-state index in [4.69, 9.17) is 9.15 Å². The van der Waals surface area contributed by atoms with Crippen molar-refractivity contribution in [1.82, 2.24) is 20.6 Å².